The smallest absolute Gasteiger partial charge is 0.221 e. The second kappa shape index (κ2) is 6.54. The Balaban J connectivity index is 2.04. The lowest BCUT2D eigenvalue weighted by molar-refractivity contribution is -0.114. The van der Waals surface area contributed by atoms with Gasteiger partial charge in [-0.05, 0) is 43.3 Å². The third-order valence-corrected chi connectivity index (χ3v) is 3.58. The van der Waals surface area contributed by atoms with E-state index in [1.54, 1.807) is 24.9 Å². The molecule has 0 bridgehead atoms. The van der Waals surface area contributed by atoms with Crippen LogP contribution in [0.25, 0.3) is 0 Å². The maximum atomic E-state index is 10.9. The van der Waals surface area contributed by atoms with Crippen LogP contribution >= 0.6 is 11.8 Å². The van der Waals surface area contributed by atoms with Crippen LogP contribution in [0.3, 0.4) is 0 Å². The number of nitrogens with zero attached hydrogens (tertiary/aromatic N) is 1. The second-order valence-electron chi connectivity index (χ2n) is 4.40. The highest BCUT2D eigenvalue weighted by atomic mass is 32.2. The van der Waals surface area contributed by atoms with Crippen LogP contribution in [0.2, 0.25) is 0 Å². The van der Waals surface area contributed by atoms with Crippen LogP contribution in [0.1, 0.15) is 25.6 Å². The Morgan fingerprint density at radius 2 is 1.85 bits per heavy atom. The number of aliphatic hydroxyl groups is 1. The number of aliphatic hydroxyl groups excluding tert-OH is 1. The van der Waals surface area contributed by atoms with Gasteiger partial charge in [-0.1, -0.05) is 11.8 Å². The van der Waals surface area contributed by atoms with Crippen molar-refractivity contribution in [2.45, 2.75) is 29.7 Å². The predicted octanol–water partition coefficient (Wildman–Crippen LogP) is 3.24. The van der Waals surface area contributed by atoms with Gasteiger partial charge in [-0.2, -0.15) is 0 Å². The molecule has 0 aliphatic carbocycles. The molecule has 0 aliphatic rings. The van der Waals surface area contributed by atoms with Gasteiger partial charge < -0.3 is 10.4 Å². The molecule has 0 saturated heterocycles. The highest BCUT2D eigenvalue weighted by molar-refractivity contribution is 7.99. The van der Waals surface area contributed by atoms with E-state index >= 15 is 0 Å². The van der Waals surface area contributed by atoms with Gasteiger partial charge in [-0.15, -0.1) is 0 Å². The summed E-state index contributed by atoms with van der Waals surface area (Å²) in [6.45, 7) is 3.17. The van der Waals surface area contributed by atoms with E-state index < -0.39 is 6.10 Å². The summed E-state index contributed by atoms with van der Waals surface area (Å²) in [6, 6.07) is 11.4. The molecule has 0 aliphatic heterocycles. The average Bonchev–Trinajstić information content (AvgIpc) is 2.41. The van der Waals surface area contributed by atoms with Gasteiger partial charge in [0.25, 0.3) is 0 Å². The fourth-order valence-electron chi connectivity index (χ4n) is 1.64. The fraction of sp³-hybridized carbons (Fsp3) is 0.200. The Kier molecular flexibility index (Phi) is 4.76. The molecule has 20 heavy (non-hydrogen) atoms. The predicted molar refractivity (Wildman–Crippen MR) is 79.7 cm³/mol. The Morgan fingerprint density at radius 1 is 1.20 bits per heavy atom. The zero-order valence-electron chi connectivity index (χ0n) is 11.3. The summed E-state index contributed by atoms with van der Waals surface area (Å²) < 4.78 is 0. The van der Waals surface area contributed by atoms with Crippen molar-refractivity contribution in [3.8, 4) is 0 Å². The molecule has 0 radical (unpaired) electrons. The fourth-order valence-corrected chi connectivity index (χ4v) is 2.43. The first kappa shape index (κ1) is 14.6. The highest BCUT2D eigenvalue weighted by Gasteiger charge is 2.03. The molecule has 0 fully saturated rings. The maximum Gasteiger partial charge on any atom is 0.221 e. The van der Waals surface area contributed by atoms with Gasteiger partial charge in [-0.3, -0.25) is 9.78 Å². The summed E-state index contributed by atoms with van der Waals surface area (Å²) in [5.74, 6) is -0.0803. The van der Waals surface area contributed by atoms with Crippen LogP contribution in [0.15, 0.2) is 52.4 Å². The zero-order chi connectivity index (χ0) is 14.5. The molecule has 0 unspecified atom stereocenters. The largest absolute Gasteiger partial charge is 0.387 e. The normalized spacial score (nSPS) is 11.9. The lowest BCUT2D eigenvalue weighted by Gasteiger charge is -2.06. The Bertz CT molecular complexity index is 580. The summed E-state index contributed by atoms with van der Waals surface area (Å²) >= 11 is 1.58. The topological polar surface area (TPSA) is 62.2 Å². The molecule has 2 N–H and O–H groups in total. The number of rotatable bonds is 4. The van der Waals surface area contributed by atoms with Crippen LogP contribution in [0.4, 0.5) is 5.69 Å². The first-order valence-electron chi connectivity index (χ1n) is 6.24. The number of hydrogen-bond acceptors (Lipinski definition) is 4. The van der Waals surface area contributed by atoms with Gasteiger partial charge in [0.05, 0.1) is 11.8 Å². The van der Waals surface area contributed by atoms with Crippen molar-refractivity contribution in [1.29, 1.82) is 0 Å². The number of hydrogen-bond donors (Lipinski definition) is 2. The highest BCUT2D eigenvalue weighted by Crippen LogP contribution is 2.28. The molecule has 1 aromatic carbocycles. The third kappa shape index (κ3) is 4.08. The molecule has 0 spiro atoms. The van der Waals surface area contributed by atoms with Crippen LogP contribution in [0, 0.1) is 0 Å². The van der Waals surface area contributed by atoms with Crippen molar-refractivity contribution < 1.29 is 9.90 Å². The minimum atomic E-state index is -0.550. The number of anilines is 1. The van der Waals surface area contributed by atoms with Crippen molar-refractivity contribution in [3.05, 3.63) is 48.3 Å². The van der Waals surface area contributed by atoms with Crippen LogP contribution in [0.5, 0.6) is 0 Å². The standard InChI is InChI=1S/C15H16N2O2S/c1-10(18)15-8-7-14(9-16-15)20-13-5-3-12(4-6-13)17-11(2)19/h3-10,18H,1-2H3,(H,17,19)/t10-/m1/s1. The van der Waals surface area contributed by atoms with Crippen molar-refractivity contribution in [2.24, 2.45) is 0 Å². The van der Waals surface area contributed by atoms with E-state index in [0.29, 0.717) is 5.69 Å². The maximum absolute atomic E-state index is 10.9. The summed E-state index contributed by atoms with van der Waals surface area (Å²) in [6.07, 6.45) is 1.19. The first-order chi connectivity index (χ1) is 9.54. The number of aromatic nitrogens is 1. The Labute approximate surface area is 122 Å². The third-order valence-electron chi connectivity index (χ3n) is 2.60. The van der Waals surface area contributed by atoms with Crippen molar-refractivity contribution in [1.82, 2.24) is 4.98 Å². The van der Waals surface area contributed by atoms with Gasteiger partial charge >= 0.3 is 0 Å². The van der Waals surface area contributed by atoms with Crippen LogP contribution in [-0.2, 0) is 4.79 Å². The molecule has 2 rings (SSSR count). The summed E-state index contributed by atoms with van der Waals surface area (Å²) in [5.41, 5.74) is 1.44. The molecule has 1 atom stereocenters. The first-order valence-corrected chi connectivity index (χ1v) is 7.06. The summed E-state index contributed by atoms with van der Waals surface area (Å²) in [4.78, 5) is 17.2. The molecule has 1 aromatic heterocycles. The molecule has 104 valence electrons. The minimum absolute atomic E-state index is 0.0803. The minimum Gasteiger partial charge on any atom is -0.387 e. The quantitative estimate of drug-likeness (QED) is 0.906. The van der Waals surface area contributed by atoms with Gasteiger partial charge in [0, 0.05) is 28.6 Å². The number of pyridine rings is 1. The van der Waals surface area contributed by atoms with E-state index in [2.05, 4.69) is 10.3 Å². The van der Waals surface area contributed by atoms with Crippen molar-refractivity contribution >= 4 is 23.4 Å². The van der Waals surface area contributed by atoms with E-state index in [-0.39, 0.29) is 5.91 Å². The zero-order valence-corrected chi connectivity index (χ0v) is 12.1. The SMILES string of the molecule is CC(=O)Nc1ccc(Sc2ccc([C@@H](C)O)nc2)cc1. The molecule has 1 heterocycles. The van der Waals surface area contributed by atoms with Crippen LogP contribution in [-0.4, -0.2) is 16.0 Å². The molecular formula is C15H16N2O2S. The van der Waals surface area contributed by atoms with Crippen LogP contribution < -0.4 is 5.32 Å². The molecule has 2 aromatic rings. The van der Waals surface area contributed by atoms with E-state index in [1.165, 1.54) is 6.92 Å². The lowest BCUT2D eigenvalue weighted by atomic mass is 10.2. The Morgan fingerprint density at radius 3 is 2.35 bits per heavy atom. The Hall–Kier alpha value is -1.85. The molecule has 5 heteroatoms. The monoisotopic (exact) mass is 288 g/mol. The number of carbonyl (C=O) groups excluding carboxylic acids is 1. The van der Waals surface area contributed by atoms with E-state index in [4.69, 9.17) is 0 Å². The van der Waals surface area contributed by atoms with Gasteiger partial charge in [0.15, 0.2) is 0 Å². The number of carbonyl (C=O) groups is 1. The lowest BCUT2D eigenvalue weighted by Crippen LogP contribution is -2.05. The molecule has 1 amide bonds. The van der Waals surface area contributed by atoms with Gasteiger partial charge in [-0.25, -0.2) is 0 Å². The second-order valence-corrected chi connectivity index (χ2v) is 5.55. The molecular weight excluding hydrogens is 272 g/mol. The van der Waals surface area contributed by atoms with Crippen molar-refractivity contribution in [3.63, 3.8) is 0 Å². The van der Waals surface area contributed by atoms with Gasteiger partial charge in [0.1, 0.15) is 0 Å². The summed E-state index contributed by atoms with van der Waals surface area (Å²) in [7, 11) is 0. The summed E-state index contributed by atoms with van der Waals surface area (Å²) in [5, 5.41) is 12.1. The van der Waals surface area contributed by atoms with Crippen molar-refractivity contribution in [2.75, 3.05) is 5.32 Å². The van der Waals surface area contributed by atoms with E-state index in [9.17, 15) is 9.90 Å². The number of nitrogens with one attached hydrogen (secondary N) is 1. The number of amides is 1. The molecule has 0 saturated carbocycles. The van der Waals surface area contributed by atoms with E-state index in [1.807, 2.05) is 36.4 Å². The van der Waals surface area contributed by atoms with E-state index in [0.717, 1.165) is 15.5 Å². The number of benzene rings is 1. The molecule has 4 nitrogen and oxygen atoms in total. The average molecular weight is 288 g/mol. The van der Waals surface area contributed by atoms with Gasteiger partial charge in [0.2, 0.25) is 5.91 Å².